The molecule has 1 aromatic carbocycles. The Kier molecular flexibility index (Phi) is 5.66. The van der Waals surface area contributed by atoms with Crippen LogP contribution in [-0.4, -0.2) is 77.7 Å². The molecule has 2 saturated heterocycles. The number of ether oxygens (including phenoxy) is 1. The van der Waals surface area contributed by atoms with Gasteiger partial charge in [0.05, 0.1) is 17.8 Å². The monoisotopic (exact) mass is 513 g/mol. The van der Waals surface area contributed by atoms with Crippen LogP contribution >= 0.6 is 0 Å². The first kappa shape index (κ1) is 23.4. The molecule has 3 fully saturated rings. The molecular weight excluding hydrogens is 482 g/mol. The second-order valence-corrected chi connectivity index (χ2v) is 10.6. The summed E-state index contributed by atoms with van der Waals surface area (Å²) >= 11 is 0. The van der Waals surface area contributed by atoms with Crippen molar-refractivity contribution in [3.8, 4) is 11.5 Å². The van der Waals surface area contributed by atoms with Crippen molar-refractivity contribution in [2.45, 2.75) is 32.0 Å². The number of anilines is 3. The van der Waals surface area contributed by atoms with Gasteiger partial charge in [-0.05, 0) is 51.1 Å². The summed E-state index contributed by atoms with van der Waals surface area (Å²) < 4.78 is 12.4. The Labute approximate surface area is 220 Å². The van der Waals surface area contributed by atoms with E-state index in [-0.39, 0.29) is 24.0 Å². The molecule has 3 aliphatic rings. The summed E-state index contributed by atoms with van der Waals surface area (Å²) in [6.07, 6.45) is 5.83. The van der Waals surface area contributed by atoms with Gasteiger partial charge in [0.15, 0.2) is 5.58 Å². The van der Waals surface area contributed by atoms with E-state index in [1.165, 1.54) is 0 Å². The van der Waals surface area contributed by atoms with Gasteiger partial charge in [0, 0.05) is 67.5 Å². The van der Waals surface area contributed by atoms with Gasteiger partial charge in [-0.15, -0.1) is 0 Å². The van der Waals surface area contributed by atoms with Gasteiger partial charge in [-0.1, -0.05) is 0 Å². The number of morpholine rings is 2. The van der Waals surface area contributed by atoms with Crippen LogP contribution in [0.25, 0.3) is 33.3 Å². The van der Waals surface area contributed by atoms with Crippen LogP contribution in [0.1, 0.15) is 19.8 Å². The Morgan fingerprint density at radius 3 is 2.63 bits per heavy atom. The third-order valence-corrected chi connectivity index (χ3v) is 7.55. The molecule has 2 N–H and O–H groups in total. The number of pyridine rings is 2. The average molecular weight is 514 g/mol. The molecular formula is C28H31N7O3. The molecule has 7 rings (SSSR count). The van der Waals surface area contributed by atoms with Crippen molar-refractivity contribution in [1.82, 2.24) is 19.9 Å². The molecule has 0 spiro atoms. The van der Waals surface area contributed by atoms with E-state index in [0.29, 0.717) is 11.7 Å². The van der Waals surface area contributed by atoms with Gasteiger partial charge in [-0.3, -0.25) is 4.79 Å². The molecule has 3 aromatic heterocycles. The van der Waals surface area contributed by atoms with Crippen molar-refractivity contribution in [2.24, 2.45) is 5.92 Å². The highest BCUT2D eigenvalue weighted by Crippen LogP contribution is 2.36. The number of nitrogens with zero attached hydrogens (tertiary/aromatic N) is 5. The highest BCUT2D eigenvalue weighted by molar-refractivity contribution is 6.03. The number of amides is 1. The van der Waals surface area contributed by atoms with E-state index in [1.807, 2.05) is 19.1 Å². The molecule has 196 valence electrons. The fraction of sp³-hybridized carbons (Fsp3) is 0.429. The van der Waals surface area contributed by atoms with Crippen LogP contribution in [0.15, 0.2) is 41.1 Å². The van der Waals surface area contributed by atoms with E-state index in [2.05, 4.69) is 49.6 Å². The van der Waals surface area contributed by atoms with Gasteiger partial charge in [-0.25, -0.2) is 15.0 Å². The second kappa shape index (κ2) is 9.21. The minimum Gasteiger partial charge on any atom is -0.436 e. The number of nitrogens with one attached hydrogen (secondary N) is 2. The van der Waals surface area contributed by atoms with Gasteiger partial charge in [-0.2, -0.15) is 0 Å². The Bertz CT molecular complexity index is 1510. The summed E-state index contributed by atoms with van der Waals surface area (Å²) in [7, 11) is 2.16. The fourth-order valence-corrected chi connectivity index (χ4v) is 5.59. The van der Waals surface area contributed by atoms with E-state index in [1.54, 1.807) is 12.4 Å². The van der Waals surface area contributed by atoms with E-state index >= 15 is 0 Å². The SMILES string of the molecule is CCNc1ncc(-c2nc3cc(N4CC5CN(C)CC(C4)O5)ccc3o2)c2cc(NC(=O)C3CC3)ncc12. The molecule has 2 atom stereocenters. The van der Waals surface area contributed by atoms with Crippen LogP contribution in [0, 0.1) is 5.92 Å². The molecule has 2 bridgehead atoms. The normalized spacial score (nSPS) is 21.7. The standard InChI is InChI=1S/C28H31N7O3/c1-3-29-26-21-10-30-25(33-27(36)16-4-5-16)9-20(21)22(11-31-26)28-32-23-8-17(6-7-24(23)38-28)35-14-18-12-34(2)13-19(15-35)37-18/h6-11,16,18-19H,3-5,12-15H2,1-2H3,(H,29,31)(H,30,33,36). The van der Waals surface area contributed by atoms with Crippen LogP contribution < -0.4 is 15.5 Å². The van der Waals surface area contributed by atoms with Crippen molar-refractivity contribution in [3.63, 3.8) is 0 Å². The Morgan fingerprint density at radius 1 is 1.05 bits per heavy atom. The number of carbonyl (C=O) groups is 1. The Balaban J connectivity index is 1.24. The Hall–Kier alpha value is -3.76. The zero-order valence-electron chi connectivity index (χ0n) is 21.6. The molecule has 10 heteroatoms. The summed E-state index contributed by atoms with van der Waals surface area (Å²) in [6, 6.07) is 8.07. The number of fused-ring (bicyclic) bond motifs is 4. The zero-order chi connectivity index (χ0) is 25.8. The van der Waals surface area contributed by atoms with Gasteiger partial charge >= 0.3 is 0 Å². The lowest BCUT2D eigenvalue weighted by atomic mass is 10.1. The predicted octanol–water partition coefficient (Wildman–Crippen LogP) is 3.74. The number of carbonyl (C=O) groups excluding carboxylic acids is 1. The summed E-state index contributed by atoms with van der Waals surface area (Å²) in [5.41, 5.74) is 3.40. The lowest BCUT2D eigenvalue weighted by Crippen LogP contribution is -2.58. The maximum atomic E-state index is 12.4. The number of hydrogen-bond acceptors (Lipinski definition) is 9. The highest BCUT2D eigenvalue weighted by Gasteiger charge is 2.34. The van der Waals surface area contributed by atoms with Gasteiger partial charge in [0.1, 0.15) is 17.2 Å². The van der Waals surface area contributed by atoms with Gasteiger partial charge < -0.3 is 29.6 Å². The average Bonchev–Trinajstić information content (AvgIpc) is 3.67. The van der Waals surface area contributed by atoms with E-state index in [4.69, 9.17) is 14.1 Å². The van der Waals surface area contributed by atoms with Crippen LogP contribution in [0.3, 0.4) is 0 Å². The first-order valence-corrected chi connectivity index (χ1v) is 13.4. The topological polar surface area (TPSA) is 109 Å². The maximum Gasteiger partial charge on any atom is 0.229 e. The lowest BCUT2D eigenvalue weighted by Gasteiger charge is -2.45. The summed E-state index contributed by atoms with van der Waals surface area (Å²) in [5, 5.41) is 7.97. The maximum absolute atomic E-state index is 12.4. The zero-order valence-corrected chi connectivity index (χ0v) is 21.6. The lowest BCUT2D eigenvalue weighted by molar-refractivity contribution is -0.117. The quantitative estimate of drug-likeness (QED) is 0.399. The number of likely N-dealkylation sites (N-methyl/N-ethyl adjacent to an activating group) is 1. The minimum atomic E-state index is 0.0210. The van der Waals surface area contributed by atoms with Gasteiger partial charge in [0.2, 0.25) is 11.8 Å². The molecule has 1 amide bonds. The number of aromatic nitrogens is 3. The molecule has 2 unspecified atom stereocenters. The first-order chi connectivity index (χ1) is 18.5. The largest absolute Gasteiger partial charge is 0.436 e. The van der Waals surface area contributed by atoms with Crippen molar-refractivity contribution in [3.05, 3.63) is 36.7 Å². The third kappa shape index (κ3) is 4.33. The van der Waals surface area contributed by atoms with E-state index in [9.17, 15) is 4.79 Å². The molecule has 1 aliphatic carbocycles. The molecule has 4 aromatic rings. The molecule has 2 aliphatic heterocycles. The number of hydrogen-bond donors (Lipinski definition) is 2. The second-order valence-electron chi connectivity index (χ2n) is 10.6. The number of benzene rings is 1. The molecule has 38 heavy (non-hydrogen) atoms. The van der Waals surface area contributed by atoms with Crippen molar-refractivity contribution in [2.75, 3.05) is 55.3 Å². The van der Waals surface area contributed by atoms with Gasteiger partial charge in [0.25, 0.3) is 0 Å². The fourth-order valence-electron chi connectivity index (χ4n) is 5.59. The molecule has 5 heterocycles. The molecule has 0 radical (unpaired) electrons. The van der Waals surface area contributed by atoms with E-state index < -0.39 is 0 Å². The number of rotatable bonds is 6. The summed E-state index contributed by atoms with van der Waals surface area (Å²) in [4.78, 5) is 31.1. The third-order valence-electron chi connectivity index (χ3n) is 7.55. The molecule has 1 saturated carbocycles. The smallest absolute Gasteiger partial charge is 0.229 e. The predicted molar refractivity (Wildman–Crippen MR) is 146 cm³/mol. The van der Waals surface area contributed by atoms with Crippen molar-refractivity contribution < 1.29 is 13.9 Å². The van der Waals surface area contributed by atoms with E-state index in [0.717, 1.165) is 84.5 Å². The number of oxazole rings is 1. The highest BCUT2D eigenvalue weighted by atomic mass is 16.5. The van der Waals surface area contributed by atoms with Crippen LogP contribution in [0.5, 0.6) is 0 Å². The summed E-state index contributed by atoms with van der Waals surface area (Å²) in [5.74, 6) is 1.86. The first-order valence-electron chi connectivity index (χ1n) is 13.4. The van der Waals surface area contributed by atoms with Crippen LogP contribution in [-0.2, 0) is 9.53 Å². The minimum absolute atomic E-state index is 0.0210. The molecule has 10 nitrogen and oxygen atoms in total. The van der Waals surface area contributed by atoms with Crippen LogP contribution in [0.2, 0.25) is 0 Å². The summed E-state index contributed by atoms with van der Waals surface area (Å²) in [6.45, 7) is 6.37. The van der Waals surface area contributed by atoms with Crippen molar-refractivity contribution in [1.29, 1.82) is 0 Å². The van der Waals surface area contributed by atoms with Crippen LogP contribution in [0.4, 0.5) is 17.3 Å². The Morgan fingerprint density at radius 2 is 1.87 bits per heavy atom. The van der Waals surface area contributed by atoms with Crippen molar-refractivity contribution >= 4 is 45.1 Å².